The lowest BCUT2D eigenvalue weighted by Crippen LogP contribution is -2.45. The molecule has 6 heteroatoms. The van der Waals surface area contributed by atoms with Crippen LogP contribution in [-0.2, 0) is 4.79 Å². The highest BCUT2D eigenvalue weighted by Gasteiger charge is 2.38. The van der Waals surface area contributed by atoms with Crippen molar-refractivity contribution in [2.45, 2.75) is 37.4 Å². The van der Waals surface area contributed by atoms with E-state index in [0.717, 1.165) is 12.8 Å². The van der Waals surface area contributed by atoms with Crippen molar-refractivity contribution in [1.29, 1.82) is 0 Å². The Hall–Kier alpha value is -0.910. The first-order valence-electron chi connectivity index (χ1n) is 7.28. The first-order chi connectivity index (χ1) is 9.47. The summed E-state index contributed by atoms with van der Waals surface area (Å²) in [5.41, 5.74) is 0. The molecule has 0 bridgehead atoms. The standard InChI is InChI=1S/C14H24N2O3S/c1-10-7-16(8-11(10)12(17)18)13(19)15-9-14(20-2)5-3-4-6-14/h10-11H,3-9H2,1-2H3,(H,15,19)(H,17,18)/t10-,11-/m1/s1. The number of aliphatic carboxylic acids is 1. The van der Waals surface area contributed by atoms with Crippen LogP contribution in [0.4, 0.5) is 4.79 Å². The Labute approximate surface area is 124 Å². The van der Waals surface area contributed by atoms with Crippen LogP contribution in [0.25, 0.3) is 0 Å². The van der Waals surface area contributed by atoms with E-state index in [-0.39, 0.29) is 16.7 Å². The number of carboxylic acids is 1. The first kappa shape index (κ1) is 15.5. The van der Waals surface area contributed by atoms with Crippen LogP contribution >= 0.6 is 11.8 Å². The van der Waals surface area contributed by atoms with Crippen molar-refractivity contribution < 1.29 is 14.7 Å². The van der Waals surface area contributed by atoms with E-state index in [2.05, 4.69) is 11.6 Å². The highest BCUT2D eigenvalue weighted by molar-refractivity contribution is 8.00. The van der Waals surface area contributed by atoms with Gasteiger partial charge in [0.2, 0.25) is 0 Å². The molecule has 2 N–H and O–H groups in total. The van der Waals surface area contributed by atoms with Crippen molar-refractivity contribution in [2.75, 3.05) is 25.9 Å². The quantitative estimate of drug-likeness (QED) is 0.833. The van der Waals surface area contributed by atoms with E-state index >= 15 is 0 Å². The number of hydrogen-bond donors (Lipinski definition) is 2. The number of carboxylic acid groups (broad SMARTS) is 1. The normalized spacial score (nSPS) is 28.6. The molecule has 20 heavy (non-hydrogen) atoms. The van der Waals surface area contributed by atoms with E-state index in [1.807, 2.05) is 18.7 Å². The van der Waals surface area contributed by atoms with E-state index < -0.39 is 11.9 Å². The number of carbonyl (C=O) groups is 2. The zero-order valence-electron chi connectivity index (χ0n) is 12.2. The van der Waals surface area contributed by atoms with Gasteiger partial charge in [-0.3, -0.25) is 4.79 Å². The summed E-state index contributed by atoms with van der Waals surface area (Å²) in [7, 11) is 0. The molecule has 2 aliphatic rings. The van der Waals surface area contributed by atoms with Gasteiger partial charge >= 0.3 is 12.0 Å². The largest absolute Gasteiger partial charge is 0.481 e. The predicted octanol–water partition coefficient (Wildman–Crippen LogP) is 2.02. The molecular formula is C14H24N2O3S. The maximum Gasteiger partial charge on any atom is 0.317 e. The molecule has 1 aliphatic heterocycles. The summed E-state index contributed by atoms with van der Waals surface area (Å²) in [6.07, 6.45) is 6.89. The van der Waals surface area contributed by atoms with Gasteiger partial charge in [0.1, 0.15) is 0 Å². The van der Waals surface area contributed by atoms with Gasteiger partial charge < -0.3 is 15.3 Å². The summed E-state index contributed by atoms with van der Waals surface area (Å²) in [5.74, 6) is -1.20. The molecule has 1 heterocycles. The summed E-state index contributed by atoms with van der Waals surface area (Å²) in [4.78, 5) is 24.9. The number of rotatable bonds is 4. The maximum absolute atomic E-state index is 12.2. The fourth-order valence-corrected chi connectivity index (χ4v) is 4.19. The molecule has 0 radical (unpaired) electrons. The SMILES string of the molecule is CSC1(CNC(=O)N2C[C@@H](C)[C@H](C(=O)O)C2)CCCC1. The second-order valence-corrected chi connectivity index (χ2v) is 7.35. The lowest BCUT2D eigenvalue weighted by Gasteiger charge is -2.28. The van der Waals surface area contributed by atoms with Crippen molar-refractivity contribution in [2.24, 2.45) is 11.8 Å². The molecule has 1 aliphatic carbocycles. The highest BCUT2D eigenvalue weighted by atomic mass is 32.2. The average molecular weight is 300 g/mol. The monoisotopic (exact) mass is 300 g/mol. The van der Waals surface area contributed by atoms with E-state index in [4.69, 9.17) is 5.11 Å². The van der Waals surface area contributed by atoms with Crippen LogP contribution in [-0.4, -0.2) is 52.6 Å². The van der Waals surface area contributed by atoms with E-state index in [0.29, 0.717) is 19.6 Å². The minimum Gasteiger partial charge on any atom is -0.481 e. The molecule has 0 spiro atoms. The van der Waals surface area contributed by atoms with Crippen LogP contribution < -0.4 is 5.32 Å². The van der Waals surface area contributed by atoms with Gasteiger partial charge in [-0.1, -0.05) is 19.8 Å². The van der Waals surface area contributed by atoms with Gasteiger partial charge in [0.05, 0.1) is 5.92 Å². The van der Waals surface area contributed by atoms with Crippen LogP contribution in [0.3, 0.4) is 0 Å². The van der Waals surface area contributed by atoms with E-state index in [9.17, 15) is 9.59 Å². The molecule has 0 unspecified atom stereocenters. The fraction of sp³-hybridized carbons (Fsp3) is 0.857. The van der Waals surface area contributed by atoms with Gasteiger partial charge in [0.15, 0.2) is 0 Å². The number of thioether (sulfide) groups is 1. The van der Waals surface area contributed by atoms with Crippen molar-refractivity contribution in [1.82, 2.24) is 10.2 Å². The Balaban J connectivity index is 1.85. The van der Waals surface area contributed by atoms with Crippen LogP contribution in [0.2, 0.25) is 0 Å². The van der Waals surface area contributed by atoms with Crippen LogP contribution in [0, 0.1) is 11.8 Å². The molecule has 2 atom stereocenters. The van der Waals surface area contributed by atoms with Crippen LogP contribution in [0.5, 0.6) is 0 Å². The Bertz CT molecular complexity index is 383. The molecule has 2 fully saturated rings. The average Bonchev–Trinajstić information content (AvgIpc) is 3.03. The highest BCUT2D eigenvalue weighted by Crippen LogP contribution is 2.39. The molecular weight excluding hydrogens is 276 g/mol. The van der Waals surface area contributed by atoms with Gasteiger partial charge in [0.25, 0.3) is 0 Å². The van der Waals surface area contributed by atoms with E-state index in [1.54, 1.807) is 4.90 Å². The second-order valence-electron chi connectivity index (χ2n) is 6.08. The molecule has 2 rings (SSSR count). The molecule has 0 aromatic carbocycles. The lowest BCUT2D eigenvalue weighted by atomic mass is 9.99. The molecule has 1 saturated carbocycles. The number of urea groups is 1. The fourth-order valence-electron chi connectivity index (χ4n) is 3.27. The summed E-state index contributed by atoms with van der Waals surface area (Å²) < 4.78 is 0.188. The van der Waals surface area contributed by atoms with Gasteiger partial charge in [0, 0.05) is 24.4 Å². The third-order valence-corrected chi connectivity index (χ3v) is 6.14. The van der Waals surface area contributed by atoms with Crippen molar-refractivity contribution >= 4 is 23.8 Å². The van der Waals surface area contributed by atoms with E-state index in [1.165, 1.54) is 12.8 Å². The van der Waals surface area contributed by atoms with Gasteiger partial charge in [-0.05, 0) is 25.0 Å². The zero-order valence-corrected chi connectivity index (χ0v) is 13.0. The second kappa shape index (κ2) is 6.24. The van der Waals surface area contributed by atoms with Gasteiger partial charge in [-0.2, -0.15) is 11.8 Å². The van der Waals surface area contributed by atoms with Gasteiger partial charge in [-0.15, -0.1) is 0 Å². The molecule has 0 aromatic rings. The Morgan fingerprint density at radius 2 is 2.00 bits per heavy atom. The number of nitrogens with zero attached hydrogens (tertiary/aromatic N) is 1. The summed E-state index contributed by atoms with van der Waals surface area (Å²) in [6.45, 7) is 3.45. The van der Waals surface area contributed by atoms with Crippen LogP contribution in [0.15, 0.2) is 0 Å². The lowest BCUT2D eigenvalue weighted by molar-refractivity contribution is -0.142. The number of nitrogens with one attached hydrogen (secondary N) is 1. The minimum atomic E-state index is -0.802. The smallest absolute Gasteiger partial charge is 0.317 e. The topological polar surface area (TPSA) is 69.6 Å². The summed E-state index contributed by atoms with van der Waals surface area (Å²) >= 11 is 1.84. The van der Waals surface area contributed by atoms with Crippen molar-refractivity contribution in [3.8, 4) is 0 Å². The summed E-state index contributed by atoms with van der Waals surface area (Å²) in [5, 5.41) is 12.1. The maximum atomic E-state index is 12.2. The van der Waals surface area contributed by atoms with Gasteiger partial charge in [-0.25, -0.2) is 4.79 Å². The Morgan fingerprint density at radius 1 is 1.35 bits per heavy atom. The summed E-state index contributed by atoms with van der Waals surface area (Å²) in [6, 6.07) is -0.110. The minimum absolute atomic E-state index is 0.0271. The molecule has 2 amide bonds. The third kappa shape index (κ3) is 3.22. The number of carbonyl (C=O) groups excluding carboxylic acids is 1. The Morgan fingerprint density at radius 3 is 2.50 bits per heavy atom. The number of hydrogen-bond acceptors (Lipinski definition) is 3. The third-order valence-electron chi connectivity index (χ3n) is 4.73. The first-order valence-corrected chi connectivity index (χ1v) is 8.51. The predicted molar refractivity (Wildman–Crippen MR) is 80.0 cm³/mol. The molecule has 5 nitrogen and oxygen atoms in total. The molecule has 114 valence electrons. The van der Waals surface area contributed by atoms with Crippen molar-refractivity contribution in [3.63, 3.8) is 0 Å². The zero-order chi connectivity index (χ0) is 14.8. The number of amides is 2. The number of likely N-dealkylation sites (tertiary alicyclic amines) is 1. The molecule has 0 aromatic heterocycles. The van der Waals surface area contributed by atoms with Crippen molar-refractivity contribution in [3.05, 3.63) is 0 Å². The van der Waals surface area contributed by atoms with Crippen LogP contribution in [0.1, 0.15) is 32.6 Å². The molecule has 1 saturated heterocycles. The Kier molecular flexibility index (Phi) is 4.83.